The van der Waals surface area contributed by atoms with Crippen molar-refractivity contribution >= 4 is 17.1 Å². The van der Waals surface area contributed by atoms with Gasteiger partial charge in [0.2, 0.25) is 5.95 Å². The molecule has 160 valence electrons. The summed E-state index contributed by atoms with van der Waals surface area (Å²) in [6.07, 6.45) is 5.89. The summed E-state index contributed by atoms with van der Waals surface area (Å²) in [5, 5.41) is 3.59. The first-order chi connectivity index (χ1) is 14.5. The molecule has 0 saturated heterocycles. The van der Waals surface area contributed by atoms with Crippen LogP contribution in [0.1, 0.15) is 57.1 Å². The number of fused-ring (bicyclic) bond motifs is 1. The summed E-state index contributed by atoms with van der Waals surface area (Å²) in [7, 11) is 0. The number of anilines is 1. The van der Waals surface area contributed by atoms with Crippen LogP contribution in [0.4, 0.5) is 5.95 Å². The molecule has 1 fully saturated rings. The molecule has 0 radical (unpaired) electrons. The minimum Gasteiger partial charge on any atom is -0.353 e. The molecule has 4 rings (SSSR count). The first kappa shape index (κ1) is 20.4. The van der Waals surface area contributed by atoms with E-state index < -0.39 is 0 Å². The maximum atomic E-state index is 13.3. The van der Waals surface area contributed by atoms with Crippen molar-refractivity contribution in [1.82, 2.24) is 18.7 Å². The van der Waals surface area contributed by atoms with Gasteiger partial charge in [0.05, 0.1) is 6.54 Å². The number of nitrogens with one attached hydrogen (secondary N) is 1. The molecule has 1 aromatic carbocycles. The van der Waals surface area contributed by atoms with Gasteiger partial charge in [-0.1, -0.05) is 49.1 Å². The largest absolute Gasteiger partial charge is 0.353 e. The van der Waals surface area contributed by atoms with Gasteiger partial charge in [0.15, 0.2) is 11.2 Å². The minimum atomic E-state index is -0.290. The molecule has 30 heavy (non-hydrogen) atoms. The van der Waals surface area contributed by atoms with Gasteiger partial charge >= 0.3 is 5.69 Å². The maximum Gasteiger partial charge on any atom is 0.332 e. The summed E-state index contributed by atoms with van der Waals surface area (Å²) in [5.74, 6) is 0.685. The van der Waals surface area contributed by atoms with Gasteiger partial charge in [-0.25, -0.2) is 4.79 Å². The second kappa shape index (κ2) is 8.50. The Bertz CT molecular complexity index is 1150. The van der Waals surface area contributed by atoms with Gasteiger partial charge < -0.3 is 5.32 Å². The number of rotatable bonds is 6. The molecule has 2 heterocycles. The number of aromatic nitrogens is 4. The van der Waals surface area contributed by atoms with Crippen LogP contribution >= 0.6 is 0 Å². The van der Waals surface area contributed by atoms with Gasteiger partial charge in [-0.2, -0.15) is 4.98 Å². The highest BCUT2D eigenvalue weighted by Gasteiger charge is 2.23. The Morgan fingerprint density at radius 3 is 2.27 bits per heavy atom. The van der Waals surface area contributed by atoms with Crippen molar-refractivity contribution in [2.45, 2.75) is 78.6 Å². The molecule has 0 atom stereocenters. The van der Waals surface area contributed by atoms with Crippen molar-refractivity contribution < 1.29 is 0 Å². The van der Waals surface area contributed by atoms with E-state index in [0.717, 1.165) is 18.4 Å². The van der Waals surface area contributed by atoms with Gasteiger partial charge in [-0.05, 0) is 39.2 Å². The molecule has 1 N–H and O–H groups in total. The third kappa shape index (κ3) is 3.68. The van der Waals surface area contributed by atoms with Gasteiger partial charge in [-0.15, -0.1) is 0 Å². The van der Waals surface area contributed by atoms with Crippen LogP contribution in [0.25, 0.3) is 11.2 Å². The fourth-order valence-electron chi connectivity index (χ4n) is 4.42. The summed E-state index contributed by atoms with van der Waals surface area (Å²) < 4.78 is 4.89. The van der Waals surface area contributed by atoms with Crippen LogP contribution < -0.4 is 16.6 Å². The minimum absolute atomic E-state index is 0.265. The van der Waals surface area contributed by atoms with E-state index in [1.165, 1.54) is 29.4 Å². The van der Waals surface area contributed by atoms with Crippen LogP contribution in [0.15, 0.2) is 33.9 Å². The van der Waals surface area contributed by atoms with Crippen LogP contribution in [0.2, 0.25) is 0 Å². The summed E-state index contributed by atoms with van der Waals surface area (Å²) in [4.78, 5) is 30.9. The van der Waals surface area contributed by atoms with E-state index in [2.05, 4.69) is 36.5 Å². The second-order valence-corrected chi connectivity index (χ2v) is 8.23. The molecule has 0 unspecified atom stereocenters. The van der Waals surface area contributed by atoms with Crippen LogP contribution in [0.3, 0.4) is 0 Å². The highest BCUT2D eigenvalue weighted by Crippen LogP contribution is 2.24. The Balaban J connectivity index is 1.91. The molecule has 0 spiro atoms. The topological polar surface area (TPSA) is 73.8 Å². The SMILES string of the molecule is CCn1c(=O)c2c(nc(NC3CCCCC3)n2Cc2ccc(C)cc2)n(CC)c1=O. The van der Waals surface area contributed by atoms with Crippen molar-refractivity contribution in [3.8, 4) is 0 Å². The van der Waals surface area contributed by atoms with E-state index >= 15 is 0 Å². The van der Waals surface area contributed by atoms with E-state index in [1.54, 1.807) is 4.57 Å². The summed E-state index contributed by atoms with van der Waals surface area (Å²) >= 11 is 0. The molecule has 1 aliphatic rings. The first-order valence-electron chi connectivity index (χ1n) is 11.1. The highest BCUT2D eigenvalue weighted by molar-refractivity contribution is 5.74. The van der Waals surface area contributed by atoms with Crippen LogP contribution in [-0.4, -0.2) is 24.7 Å². The lowest BCUT2D eigenvalue weighted by molar-refractivity contribution is 0.459. The normalized spacial score (nSPS) is 15.0. The molecule has 0 bridgehead atoms. The van der Waals surface area contributed by atoms with Crippen LogP contribution in [0.5, 0.6) is 0 Å². The zero-order valence-corrected chi connectivity index (χ0v) is 18.1. The molecule has 1 saturated carbocycles. The Hall–Kier alpha value is -2.83. The highest BCUT2D eigenvalue weighted by atomic mass is 16.2. The number of benzene rings is 1. The third-order valence-corrected chi connectivity index (χ3v) is 6.15. The van der Waals surface area contributed by atoms with Gasteiger partial charge in [0, 0.05) is 19.1 Å². The molecular weight excluding hydrogens is 378 g/mol. The number of hydrogen-bond donors (Lipinski definition) is 1. The van der Waals surface area contributed by atoms with E-state index in [0.29, 0.717) is 42.8 Å². The number of aryl methyl sites for hydroxylation is 2. The molecule has 7 heteroatoms. The van der Waals surface area contributed by atoms with Crippen LogP contribution in [0, 0.1) is 6.92 Å². The zero-order valence-electron chi connectivity index (χ0n) is 18.1. The molecule has 0 aliphatic heterocycles. The molecular formula is C23H31N5O2. The average Bonchev–Trinajstić information content (AvgIpc) is 3.09. The Morgan fingerprint density at radius 1 is 0.967 bits per heavy atom. The molecule has 1 aliphatic carbocycles. The van der Waals surface area contributed by atoms with Gasteiger partial charge in [0.25, 0.3) is 5.56 Å². The lowest BCUT2D eigenvalue weighted by Crippen LogP contribution is -2.40. The van der Waals surface area contributed by atoms with E-state index in [4.69, 9.17) is 4.98 Å². The average molecular weight is 410 g/mol. The first-order valence-corrected chi connectivity index (χ1v) is 11.1. The predicted octanol–water partition coefficient (Wildman–Crippen LogP) is 3.50. The van der Waals surface area contributed by atoms with Crippen LogP contribution in [-0.2, 0) is 19.6 Å². The number of imidazole rings is 1. The van der Waals surface area contributed by atoms with Crippen molar-refractivity contribution in [3.63, 3.8) is 0 Å². The smallest absolute Gasteiger partial charge is 0.332 e. The Morgan fingerprint density at radius 2 is 1.63 bits per heavy atom. The fraction of sp³-hybridized carbons (Fsp3) is 0.522. The second-order valence-electron chi connectivity index (χ2n) is 8.23. The van der Waals surface area contributed by atoms with Crippen molar-refractivity contribution in [1.29, 1.82) is 0 Å². The number of nitrogens with zero attached hydrogens (tertiary/aromatic N) is 4. The standard InChI is InChI=1S/C23H31N5O2/c1-4-26-20-19(21(29)27(5-2)23(26)30)28(15-17-13-11-16(3)12-14-17)22(25-20)24-18-9-7-6-8-10-18/h11-14,18H,4-10,15H2,1-3H3,(H,24,25). The quantitative estimate of drug-likeness (QED) is 0.676. The molecule has 2 aromatic heterocycles. The molecule has 0 amide bonds. The fourth-order valence-corrected chi connectivity index (χ4v) is 4.42. The Kier molecular flexibility index (Phi) is 5.79. The van der Waals surface area contributed by atoms with E-state index in [1.807, 2.05) is 18.4 Å². The van der Waals surface area contributed by atoms with Crippen molar-refractivity contribution in [3.05, 3.63) is 56.2 Å². The summed E-state index contributed by atoms with van der Waals surface area (Å²) in [6.45, 7) is 7.16. The monoisotopic (exact) mass is 409 g/mol. The number of hydrogen-bond acceptors (Lipinski definition) is 4. The summed E-state index contributed by atoms with van der Waals surface area (Å²) in [6, 6.07) is 8.67. The van der Waals surface area contributed by atoms with Gasteiger partial charge in [0.1, 0.15) is 0 Å². The van der Waals surface area contributed by atoms with Crippen molar-refractivity contribution in [2.24, 2.45) is 0 Å². The third-order valence-electron chi connectivity index (χ3n) is 6.15. The lowest BCUT2D eigenvalue weighted by Gasteiger charge is -2.23. The zero-order chi connectivity index (χ0) is 21.3. The predicted molar refractivity (Wildman–Crippen MR) is 120 cm³/mol. The maximum absolute atomic E-state index is 13.3. The lowest BCUT2D eigenvalue weighted by atomic mass is 9.96. The summed E-state index contributed by atoms with van der Waals surface area (Å²) in [5.41, 5.74) is 2.71. The van der Waals surface area contributed by atoms with Gasteiger partial charge in [-0.3, -0.25) is 18.5 Å². The molecule has 3 aromatic rings. The van der Waals surface area contributed by atoms with Crippen molar-refractivity contribution in [2.75, 3.05) is 5.32 Å². The van der Waals surface area contributed by atoms with E-state index in [9.17, 15) is 9.59 Å². The van der Waals surface area contributed by atoms with E-state index in [-0.39, 0.29) is 11.2 Å². The molecule has 7 nitrogen and oxygen atoms in total. The Labute approximate surface area is 176 Å².